The number of carbonyl (C=O) groups excluding carboxylic acids is 1. The summed E-state index contributed by atoms with van der Waals surface area (Å²) in [5.74, 6) is -0.161. The van der Waals surface area contributed by atoms with Gasteiger partial charge in [-0.2, -0.15) is 0 Å². The van der Waals surface area contributed by atoms with Crippen molar-refractivity contribution in [3.8, 4) is 0 Å². The molecule has 0 radical (unpaired) electrons. The largest absolute Gasteiger partial charge is 0.468 e. The smallest absolute Gasteiger partial charge is 0.319 e. The zero-order chi connectivity index (χ0) is 13.9. The van der Waals surface area contributed by atoms with Gasteiger partial charge in [0.1, 0.15) is 0 Å². The van der Waals surface area contributed by atoms with Gasteiger partial charge >= 0.3 is 5.97 Å². The lowest BCUT2D eigenvalue weighted by Crippen LogP contribution is -2.40. The Kier molecular flexibility index (Phi) is 8.79. The molecule has 0 amide bonds. The van der Waals surface area contributed by atoms with Gasteiger partial charge in [0.05, 0.1) is 20.3 Å². The quantitative estimate of drug-likeness (QED) is 0.445. The van der Waals surface area contributed by atoms with Crippen LogP contribution in [0.4, 0.5) is 0 Å². The van der Waals surface area contributed by atoms with Crippen LogP contribution in [0.5, 0.6) is 0 Å². The molecule has 0 aromatic heterocycles. The molecule has 0 aromatic rings. The van der Waals surface area contributed by atoms with Crippen LogP contribution in [0.2, 0.25) is 0 Å². The third-order valence-electron chi connectivity index (χ3n) is 3.56. The molecule has 0 aliphatic heterocycles. The van der Waals surface area contributed by atoms with E-state index in [9.17, 15) is 4.79 Å². The highest BCUT2D eigenvalue weighted by Crippen LogP contribution is 2.23. The van der Waals surface area contributed by atoms with E-state index in [1.54, 1.807) is 7.11 Å². The maximum absolute atomic E-state index is 11.4. The van der Waals surface area contributed by atoms with Crippen LogP contribution in [-0.4, -0.2) is 64.0 Å². The molecule has 0 spiro atoms. The van der Waals surface area contributed by atoms with Gasteiger partial charge in [-0.15, -0.1) is 0 Å². The summed E-state index contributed by atoms with van der Waals surface area (Å²) >= 11 is 0. The van der Waals surface area contributed by atoms with E-state index in [0.717, 1.165) is 19.6 Å². The third kappa shape index (κ3) is 6.89. The van der Waals surface area contributed by atoms with Crippen LogP contribution in [0.3, 0.4) is 0 Å². The summed E-state index contributed by atoms with van der Waals surface area (Å²) < 4.78 is 15.3. The second-order valence-electron chi connectivity index (χ2n) is 4.94. The van der Waals surface area contributed by atoms with Gasteiger partial charge in [0.2, 0.25) is 0 Å². The molecule has 1 aliphatic rings. The third-order valence-corrected chi connectivity index (χ3v) is 3.56. The predicted molar refractivity (Wildman–Crippen MR) is 73.2 cm³/mol. The highest BCUT2D eigenvalue weighted by atomic mass is 16.5. The molecular formula is C14H27NO4. The fourth-order valence-corrected chi connectivity index (χ4v) is 2.48. The van der Waals surface area contributed by atoms with Crippen molar-refractivity contribution < 1.29 is 19.0 Å². The van der Waals surface area contributed by atoms with E-state index in [1.807, 2.05) is 0 Å². The Morgan fingerprint density at radius 3 is 2.53 bits per heavy atom. The highest BCUT2D eigenvalue weighted by molar-refractivity contribution is 5.71. The van der Waals surface area contributed by atoms with Crippen molar-refractivity contribution in [3.05, 3.63) is 0 Å². The molecule has 19 heavy (non-hydrogen) atoms. The fraction of sp³-hybridized carbons (Fsp3) is 0.929. The summed E-state index contributed by atoms with van der Waals surface area (Å²) in [5, 5.41) is 0. The van der Waals surface area contributed by atoms with E-state index in [1.165, 1.54) is 32.8 Å². The van der Waals surface area contributed by atoms with E-state index >= 15 is 0 Å². The molecule has 1 saturated carbocycles. The molecule has 0 unspecified atom stereocenters. The molecule has 1 aliphatic carbocycles. The molecule has 0 atom stereocenters. The Balaban J connectivity index is 2.22. The van der Waals surface area contributed by atoms with E-state index in [-0.39, 0.29) is 5.97 Å². The van der Waals surface area contributed by atoms with Crippen LogP contribution >= 0.6 is 0 Å². The van der Waals surface area contributed by atoms with Crippen molar-refractivity contribution >= 4 is 5.97 Å². The van der Waals surface area contributed by atoms with Gasteiger partial charge in [-0.3, -0.25) is 9.69 Å². The summed E-state index contributed by atoms with van der Waals surface area (Å²) in [4.78, 5) is 13.6. The standard InChI is InChI=1S/C14H27NO4/c1-17-9-5-10-19-11-8-15(12-14(16)18-2)13-6-3-4-7-13/h13H,3-12H2,1-2H3. The van der Waals surface area contributed by atoms with Crippen molar-refractivity contribution in [2.24, 2.45) is 0 Å². The Bertz CT molecular complexity index is 242. The topological polar surface area (TPSA) is 48.0 Å². The molecule has 0 heterocycles. The number of carbonyl (C=O) groups is 1. The van der Waals surface area contributed by atoms with Crippen molar-refractivity contribution in [3.63, 3.8) is 0 Å². The summed E-state index contributed by atoms with van der Waals surface area (Å²) in [6.07, 6.45) is 5.80. The lowest BCUT2D eigenvalue weighted by Gasteiger charge is -2.27. The van der Waals surface area contributed by atoms with Crippen molar-refractivity contribution in [2.75, 3.05) is 47.1 Å². The van der Waals surface area contributed by atoms with Gasteiger partial charge in [-0.25, -0.2) is 0 Å². The van der Waals surface area contributed by atoms with Crippen LogP contribution in [0.15, 0.2) is 0 Å². The van der Waals surface area contributed by atoms with Crippen LogP contribution in [0.1, 0.15) is 32.1 Å². The maximum Gasteiger partial charge on any atom is 0.319 e. The molecule has 0 bridgehead atoms. The number of hydrogen-bond donors (Lipinski definition) is 0. The second kappa shape index (κ2) is 10.2. The molecule has 1 fully saturated rings. The summed E-state index contributed by atoms with van der Waals surface area (Å²) in [6, 6.07) is 0.515. The van der Waals surface area contributed by atoms with Gasteiger partial charge in [-0.1, -0.05) is 12.8 Å². The highest BCUT2D eigenvalue weighted by Gasteiger charge is 2.24. The maximum atomic E-state index is 11.4. The van der Waals surface area contributed by atoms with Gasteiger partial charge in [0.25, 0.3) is 0 Å². The minimum atomic E-state index is -0.161. The molecule has 112 valence electrons. The van der Waals surface area contributed by atoms with Crippen LogP contribution < -0.4 is 0 Å². The Labute approximate surface area is 116 Å². The number of ether oxygens (including phenoxy) is 3. The number of rotatable bonds is 10. The molecular weight excluding hydrogens is 246 g/mol. The zero-order valence-corrected chi connectivity index (χ0v) is 12.2. The minimum Gasteiger partial charge on any atom is -0.468 e. The van der Waals surface area contributed by atoms with Crippen LogP contribution in [0.25, 0.3) is 0 Å². The first kappa shape index (κ1) is 16.4. The first-order valence-corrected chi connectivity index (χ1v) is 7.15. The summed E-state index contributed by atoms with van der Waals surface area (Å²) in [5.41, 5.74) is 0. The molecule has 0 N–H and O–H groups in total. The number of methoxy groups -OCH3 is 2. The van der Waals surface area contributed by atoms with Gasteiger partial charge in [0.15, 0.2) is 0 Å². The van der Waals surface area contributed by atoms with Gasteiger partial charge in [-0.05, 0) is 19.3 Å². The average Bonchev–Trinajstić information content (AvgIpc) is 2.95. The van der Waals surface area contributed by atoms with Gasteiger partial charge < -0.3 is 14.2 Å². The van der Waals surface area contributed by atoms with E-state index in [4.69, 9.17) is 14.2 Å². The van der Waals surface area contributed by atoms with Crippen LogP contribution in [0, 0.1) is 0 Å². The number of nitrogens with zero attached hydrogens (tertiary/aromatic N) is 1. The zero-order valence-electron chi connectivity index (χ0n) is 12.2. The van der Waals surface area contributed by atoms with E-state index in [0.29, 0.717) is 25.8 Å². The molecule has 1 rings (SSSR count). The Morgan fingerprint density at radius 2 is 1.89 bits per heavy atom. The number of esters is 1. The van der Waals surface area contributed by atoms with Crippen molar-refractivity contribution in [1.29, 1.82) is 0 Å². The molecule has 0 aromatic carbocycles. The molecule has 5 heteroatoms. The Hall–Kier alpha value is -0.650. The van der Waals surface area contributed by atoms with Crippen LogP contribution in [-0.2, 0) is 19.0 Å². The molecule has 0 saturated heterocycles. The first-order valence-electron chi connectivity index (χ1n) is 7.15. The van der Waals surface area contributed by atoms with E-state index < -0.39 is 0 Å². The normalized spacial score (nSPS) is 16.2. The lowest BCUT2D eigenvalue weighted by atomic mass is 10.2. The predicted octanol–water partition coefficient (Wildman–Crippen LogP) is 1.46. The number of hydrogen-bond acceptors (Lipinski definition) is 5. The van der Waals surface area contributed by atoms with Gasteiger partial charge in [0, 0.05) is 32.9 Å². The van der Waals surface area contributed by atoms with Crippen molar-refractivity contribution in [2.45, 2.75) is 38.1 Å². The lowest BCUT2D eigenvalue weighted by molar-refractivity contribution is -0.142. The fourth-order valence-electron chi connectivity index (χ4n) is 2.48. The first-order chi connectivity index (χ1) is 9.27. The second-order valence-corrected chi connectivity index (χ2v) is 4.94. The van der Waals surface area contributed by atoms with Crippen molar-refractivity contribution in [1.82, 2.24) is 4.90 Å². The Morgan fingerprint density at radius 1 is 1.16 bits per heavy atom. The summed E-state index contributed by atoms with van der Waals surface area (Å²) in [6.45, 7) is 3.28. The van der Waals surface area contributed by atoms with E-state index in [2.05, 4.69) is 4.90 Å². The summed E-state index contributed by atoms with van der Waals surface area (Å²) in [7, 11) is 3.13. The SMILES string of the molecule is COCCCOCCN(CC(=O)OC)C1CCCC1. The minimum absolute atomic E-state index is 0.161. The monoisotopic (exact) mass is 273 g/mol. The average molecular weight is 273 g/mol. The molecule has 5 nitrogen and oxygen atoms in total.